The van der Waals surface area contributed by atoms with Gasteiger partial charge in [-0.05, 0) is 30.5 Å². The van der Waals surface area contributed by atoms with Gasteiger partial charge in [-0.15, -0.1) is 0 Å². The van der Waals surface area contributed by atoms with Crippen LogP contribution in [-0.4, -0.2) is 33.8 Å². The molecule has 4 aromatic rings. The van der Waals surface area contributed by atoms with E-state index in [2.05, 4.69) is 15.3 Å². The summed E-state index contributed by atoms with van der Waals surface area (Å²) in [6.07, 6.45) is 3.52. The van der Waals surface area contributed by atoms with Gasteiger partial charge in [0.2, 0.25) is 0 Å². The minimum Gasteiger partial charge on any atom is -0.494 e. The van der Waals surface area contributed by atoms with Gasteiger partial charge in [-0.25, -0.2) is 9.97 Å². The average Bonchev–Trinajstić information content (AvgIpc) is 3.31. The monoisotopic (exact) mass is 396 g/mol. The summed E-state index contributed by atoms with van der Waals surface area (Å²) in [5, 5.41) is 4.16. The van der Waals surface area contributed by atoms with E-state index >= 15 is 0 Å². The number of benzene rings is 2. The van der Waals surface area contributed by atoms with Crippen molar-refractivity contribution in [1.29, 1.82) is 0 Å². The molecule has 27 heavy (non-hydrogen) atoms. The number of para-hydroxylation sites is 2. The van der Waals surface area contributed by atoms with Crippen LogP contribution in [0.5, 0.6) is 5.75 Å². The number of methoxy groups -OCH3 is 1. The van der Waals surface area contributed by atoms with Crippen LogP contribution >= 0.6 is 23.1 Å². The fourth-order valence-corrected chi connectivity index (χ4v) is 4.19. The fraction of sp³-hybridized carbons (Fsp3) is 0.105. The molecule has 0 saturated heterocycles. The fourth-order valence-electron chi connectivity index (χ4n) is 2.77. The van der Waals surface area contributed by atoms with Gasteiger partial charge in [0.1, 0.15) is 17.0 Å². The van der Waals surface area contributed by atoms with Crippen LogP contribution in [-0.2, 0) is 0 Å². The topological polar surface area (TPSA) is 69.0 Å². The molecule has 0 aliphatic heterocycles. The van der Waals surface area contributed by atoms with E-state index in [0.717, 1.165) is 21.1 Å². The molecule has 2 aromatic carbocycles. The second-order valence-corrected chi connectivity index (χ2v) is 7.39. The highest BCUT2D eigenvalue weighted by molar-refractivity contribution is 7.98. The number of rotatable bonds is 5. The molecule has 136 valence electrons. The molecular weight excluding hydrogens is 380 g/mol. The number of nitrogens with zero attached hydrogens (tertiary/aromatic N) is 3. The highest BCUT2D eigenvalue weighted by Crippen LogP contribution is 2.32. The maximum Gasteiger partial charge on any atom is 0.276 e. The molecule has 2 aromatic heterocycles. The molecule has 0 fully saturated rings. The summed E-state index contributed by atoms with van der Waals surface area (Å²) in [5.74, 6) is 0.424. The molecule has 2 heterocycles. The van der Waals surface area contributed by atoms with Gasteiger partial charge in [0.15, 0.2) is 10.3 Å². The summed E-state index contributed by atoms with van der Waals surface area (Å²) < 4.78 is 8.13. The molecule has 0 saturated carbocycles. The number of carbonyl (C=O) groups is 1. The van der Waals surface area contributed by atoms with Crippen LogP contribution in [0, 0.1) is 0 Å². The van der Waals surface area contributed by atoms with Crippen LogP contribution in [0.2, 0.25) is 0 Å². The molecule has 8 heteroatoms. The molecule has 1 amide bonds. The number of thioether (sulfide) groups is 1. The van der Waals surface area contributed by atoms with E-state index in [-0.39, 0.29) is 5.91 Å². The van der Waals surface area contributed by atoms with Gasteiger partial charge in [-0.2, -0.15) is 0 Å². The number of nitrogens with one attached hydrogen (secondary N) is 1. The minimum absolute atomic E-state index is 0.260. The number of ether oxygens (including phenoxy) is 1. The molecule has 6 nitrogen and oxygen atoms in total. The Morgan fingerprint density at radius 2 is 2.00 bits per heavy atom. The maximum absolute atomic E-state index is 12.9. The van der Waals surface area contributed by atoms with Crippen molar-refractivity contribution in [3.63, 3.8) is 0 Å². The largest absolute Gasteiger partial charge is 0.494 e. The first-order chi connectivity index (χ1) is 13.2. The number of carbonyl (C=O) groups excluding carboxylic acids is 1. The summed E-state index contributed by atoms with van der Waals surface area (Å²) >= 11 is 2.89. The third-order valence-corrected chi connectivity index (χ3v) is 5.57. The Balaban J connectivity index is 1.69. The molecule has 0 bridgehead atoms. The zero-order chi connectivity index (χ0) is 18.8. The van der Waals surface area contributed by atoms with Crippen molar-refractivity contribution in [2.75, 3.05) is 18.7 Å². The summed E-state index contributed by atoms with van der Waals surface area (Å²) in [4.78, 5) is 21.8. The number of hydrogen-bond donors (Lipinski definition) is 1. The lowest BCUT2D eigenvalue weighted by Crippen LogP contribution is -2.16. The Morgan fingerprint density at radius 1 is 1.19 bits per heavy atom. The normalized spacial score (nSPS) is 10.9. The maximum atomic E-state index is 12.9. The number of fused-ring (bicyclic) bond motifs is 1. The molecule has 0 unspecified atom stereocenters. The first-order valence-electron chi connectivity index (χ1n) is 8.13. The van der Waals surface area contributed by atoms with Gasteiger partial charge in [0.25, 0.3) is 5.91 Å². The van der Waals surface area contributed by atoms with Crippen molar-refractivity contribution < 1.29 is 9.53 Å². The van der Waals surface area contributed by atoms with Crippen molar-refractivity contribution in [3.8, 4) is 11.4 Å². The van der Waals surface area contributed by atoms with Crippen LogP contribution < -0.4 is 10.1 Å². The van der Waals surface area contributed by atoms with Crippen LogP contribution in [0.15, 0.2) is 59.9 Å². The van der Waals surface area contributed by atoms with Crippen LogP contribution in [0.25, 0.3) is 15.9 Å². The van der Waals surface area contributed by atoms with Crippen LogP contribution in [0.1, 0.15) is 10.5 Å². The van der Waals surface area contributed by atoms with Crippen molar-refractivity contribution in [2.45, 2.75) is 5.16 Å². The lowest BCUT2D eigenvalue weighted by Gasteiger charge is -2.10. The summed E-state index contributed by atoms with van der Waals surface area (Å²) in [6.45, 7) is 0. The molecule has 0 atom stereocenters. The lowest BCUT2D eigenvalue weighted by atomic mass is 10.3. The Morgan fingerprint density at radius 3 is 2.74 bits per heavy atom. The SMILES string of the molecule is COc1cccc2sc(NC(=O)c3cnc(SC)n3-c3ccccc3)nc12. The van der Waals surface area contributed by atoms with Crippen molar-refractivity contribution in [3.05, 3.63) is 60.4 Å². The molecule has 0 spiro atoms. The molecule has 0 radical (unpaired) electrons. The Bertz CT molecular complexity index is 1110. The number of aromatic nitrogens is 3. The van der Waals surface area contributed by atoms with Crippen molar-refractivity contribution >= 4 is 44.4 Å². The van der Waals surface area contributed by atoms with Gasteiger partial charge in [-0.3, -0.25) is 14.7 Å². The van der Waals surface area contributed by atoms with Crippen LogP contribution in [0.4, 0.5) is 5.13 Å². The van der Waals surface area contributed by atoms with Gasteiger partial charge in [0.05, 0.1) is 18.0 Å². The van der Waals surface area contributed by atoms with E-state index in [1.807, 2.05) is 59.4 Å². The molecule has 1 N–H and O–H groups in total. The Labute approximate surface area is 164 Å². The van der Waals surface area contributed by atoms with Gasteiger partial charge in [0, 0.05) is 5.69 Å². The van der Waals surface area contributed by atoms with Gasteiger partial charge < -0.3 is 4.74 Å². The highest BCUT2D eigenvalue weighted by Gasteiger charge is 2.19. The smallest absolute Gasteiger partial charge is 0.276 e. The van der Waals surface area contributed by atoms with Crippen LogP contribution in [0.3, 0.4) is 0 Å². The highest BCUT2D eigenvalue weighted by atomic mass is 32.2. The van der Waals surface area contributed by atoms with E-state index < -0.39 is 0 Å². The van der Waals surface area contributed by atoms with Gasteiger partial charge >= 0.3 is 0 Å². The third-order valence-electron chi connectivity index (χ3n) is 3.98. The molecular formula is C19H16N4O2S2. The first kappa shape index (κ1) is 17.6. The number of amides is 1. The first-order valence-corrected chi connectivity index (χ1v) is 10.2. The minimum atomic E-state index is -0.260. The predicted molar refractivity (Wildman–Crippen MR) is 109 cm³/mol. The lowest BCUT2D eigenvalue weighted by molar-refractivity contribution is 0.102. The quantitative estimate of drug-likeness (QED) is 0.504. The number of hydrogen-bond acceptors (Lipinski definition) is 6. The average molecular weight is 396 g/mol. The van der Waals surface area contributed by atoms with E-state index in [1.165, 1.54) is 23.1 Å². The number of anilines is 1. The van der Waals surface area contributed by atoms with E-state index in [4.69, 9.17) is 4.74 Å². The van der Waals surface area contributed by atoms with Crippen molar-refractivity contribution in [2.24, 2.45) is 0 Å². The number of thiazole rings is 1. The zero-order valence-electron chi connectivity index (χ0n) is 14.7. The predicted octanol–water partition coefficient (Wildman–Crippen LogP) is 4.46. The summed E-state index contributed by atoms with van der Waals surface area (Å²) in [5.41, 5.74) is 2.08. The zero-order valence-corrected chi connectivity index (χ0v) is 16.3. The molecule has 0 aliphatic carbocycles. The second-order valence-electron chi connectivity index (χ2n) is 5.58. The molecule has 4 rings (SSSR count). The van der Waals surface area contributed by atoms with E-state index in [9.17, 15) is 4.79 Å². The van der Waals surface area contributed by atoms with E-state index in [0.29, 0.717) is 16.6 Å². The standard InChI is InChI=1S/C19H16N4O2S2/c1-25-14-9-6-10-15-16(14)21-18(27-15)22-17(24)13-11-20-19(26-2)23(13)12-7-4-3-5-8-12/h3-11H,1-2H3,(H,21,22,24). The van der Waals surface area contributed by atoms with Crippen molar-refractivity contribution in [1.82, 2.24) is 14.5 Å². The Hall–Kier alpha value is -2.84. The summed E-state index contributed by atoms with van der Waals surface area (Å²) in [7, 11) is 1.61. The molecule has 0 aliphatic rings. The second kappa shape index (κ2) is 7.42. The Kier molecular flexibility index (Phi) is 4.83. The summed E-state index contributed by atoms with van der Waals surface area (Å²) in [6, 6.07) is 15.4. The third kappa shape index (κ3) is 3.29. The van der Waals surface area contributed by atoms with E-state index in [1.54, 1.807) is 13.3 Å². The number of imidazole rings is 1. The van der Waals surface area contributed by atoms with Gasteiger partial charge in [-0.1, -0.05) is 47.4 Å².